The quantitative estimate of drug-likeness (QED) is 0.713. The van der Waals surface area contributed by atoms with Gasteiger partial charge in [-0.2, -0.15) is 0 Å². The Bertz CT molecular complexity index is 735. The number of nitrogens with zero attached hydrogens (tertiary/aromatic N) is 1. The van der Waals surface area contributed by atoms with Crippen molar-refractivity contribution in [2.45, 2.75) is 23.5 Å². The molecule has 2 aromatic carbocycles. The average Bonchev–Trinajstić information content (AvgIpc) is 3.02. The van der Waals surface area contributed by atoms with Crippen LogP contribution in [0.2, 0.25) is 0 Å². The van der Waals surface area contributed by atoms with Crippen molar-refractivity contribution in [1.82, 2.24) is 9.97 Å². The van der Waals surface area contributed by atoms with E-state index >= 15 is 0 Å². The molecule has 0 saturated carbocycles. The number of H-pyrrole nitrogens is 1. The van der Waals surface area contributed by atoms with Crippen LogP contribution in [0.15, 0.2) is 47.4 Å². The average molecular weight is 266 g/mol. The van der Waals surface area contributed by atoms with Crippen LogP contribution in [-0.2, 0) is 6.42 Å². The number of hydrogen-bond donors (Lipinski definition) is 1. The lowest BCUT2D eigenvalue weighted by Gasteiger charge is -2.02. The lowest BCUT2D eigenvalue weighted by molar-refractivity contribution is 0.881. The summed E-state index contributed by atoms with van der Waals surface area (Å²) in [5.74, 6) is 1.10. The van der Waals surface area contributed by atoms with Gasteiger partial charge in [-0.15, -0.1) is 11.8 Å². The number of aromatic amines is 1. The van der Waals surface area contributed by atoms with Crippen molar-refractivity contribution in [3.8, 4) is 0 Å². The molecule has 0 spiro atoms. The largest absolute Gasteiger partial charge is 0.341 e. The first-order valence-corrected chi connectivity index (χ1v) is 7.39. The summed E-state index contributed by atoms with van der Waals surface area (Å²) in [7, 11) is 0. The van der Waals surface area contributed by atoms with Gasteiger partial charge in [0.2, 0.25) is 0 Å². The summed E-state index contributed by atoms with van der Waals surface area (Å²) in [6, 6.07) is 14.9. The van der Waals surface area contributed by atoms with Crippen molar-refractivity contribution >= 4 is 22.8 Å². The maximum Gasteiger partial charge on any atom is 0.121 e. The Hall–Kier alpha value is -1.74. The summed E-state index contributed by atoms with van der Waals surface area (Å²) in [5, 5.41) is 0.421. The van der Waals surface area contributed by atoms with Gasteiger partial charge >= 0.3 is 0 Å². The van der Waals surface area contributed by atoms with Crippen LogP contribution in [0.25, 0.3) is 11.0 Å². The molecule has 0 amide bonds. The third-order valence-electron chi connectivity index (χ3n) is 3.68. The van der Waals surface area contributed by atoms with Gasteiger partial charge in [0.25, 0.3) is 0 Å². The van der Waals surface area contributed by atoms with E-state index in [1.54, 1.807) is 0 Å². The highest BCUT2D eigenvalue weighted by Gasteiger charge is 2.25. The minimum atomic E-state index is 0.421. The van der Waals surface area contributed by atoms with Gasteiger partial charge < -0.3 is 4.98 Å². The Balaban J connectivity index is 1.75. The highest BCUT2D eigenvalue weighted by atomic mass is 32.2. The molecule has 3 aromatic rings. The maximum absolute atomic E-state index is 4.80. The molecular formula is C16H14N2S. The van der Waals surface area contributed by atoms with Crippen molar-refractivity contribution in [3.05, 3.63) is 59.4 Å². The van der Waals surface area contributed by atoms with Gasteiger partial charge in [0.1, 0.15) is 5.82 Å². The van der Waals surface area contributed by atoms with Gasteiger partial charge in [-0.3, -0.25) is 0 Å². The molecule has 4 rings (SSSR count). The van der Waals surface area contributed by atoms with Crippen LogP contribution in [0, 0.1) is 6.92 Å². The lowest BCUT2D eigenvalue weighted by atomic mass is 10.1. The molecule has 1 N–H and O–H groups in total. The smallest absolute Gasteiger partial charge is 0.121 e. The summed E-state index contributed by atoms with van der Waals surface area (Å²) >= 11 is 1.92. The Kier molecular flexibility index (Phi) is 2.42. The Morgan fingerprint density at radius 3 is 2.89 bits per heavy atom. The molecule has 1 unspecified atom stereocenters. The van der Waals surface area contributed by atoms with Crippen molar-refractivity contribution in [2.24, 2.45) is 0 Å². The van der Waals surface area contributed by atoms with E-state index in [2.05, 4.69) is 54.4 Å². The monoisotopic (exact) mass is 266 g/mol. The zero-order chi connectivity index (χ0) is 12.8. The summed E-state index contributed by atoms with van der Waals surface area (Å²) in [5.41, 5.74) is 4.93. The number of nitrogens with one attached hydrogen (secondary N) is 1. The molecule has 0 fully saturated rings. The molecule has 1 atom stereocenters. The Morgan fingerprint density at radius 1 is 1.16 bits per heavy atom. The minimum absolute atomic E-state index is 0.421. The summed E-state index contributed by atoms with van der Waals surface area (Å²) in [6.45, 7) is 2.11. The SMILES string of the molecule is Cc1cccc2[nH]c(C3Cc4ccccc4S3)nc12. The van der Waals surface area contributed by atoms with Gasteiger partial charge in [0, 0.05) is 4.90 Å². The van der Waals surface area contributed by atoms with Crippen LogP contribution >= 0.6 is 11.8 Å². The molecule has 0 bridgehead atoms. The summed E-state index contributed by atoms with van der Waals surface area (Å²) in [4.78, 5) is 9.68. The van der Waals surface area contributed by atoms with Crippen molar-refractivity contribution in [3.63, 3.8) is 0 Å². The fourth-order valence-electron chi connectivity index (χ4n) is 2.68. The highest BCUT2D eigenvalue weighted by molar-refractivity contribution is 7.99. The first kappa shape index (κ1) is 11.1. The van der Waals surface area contributed by atoms with Crippen LogP contribution in [0.5, 0.6) is 0 Å². The number of rotatable bonds is 1. The number of hydrogen-bond acceptors (Lipinski definition) is 2. The zero-order valence-corrected chi connectivity index (χ0v) is 11.5. The third kappa shape index (κ3) is 1.77. The minimum Gasteiger partial charge on any atom is -0.341 e. The number of fused-ring (bicyclic) bond motifs is 2. The van der Waals surface area contributed by atoms with E-state index in [9.17, 15) is 0 Å². The number of aryl methyl sites for hydroxylation is 1. The van der Waals surface area contributed by atoms with Crippen molar-refractivity contribution in [2.75, 3.05) is 0 Å². The van der Waals surface area contributed by atoms with E-state index in [1.165, 1.54) is 16.0 Å². The molecule has 1 aliphatic heterocycles. The molecule has 1 aliphatic rings. The fraction of sp³-hybridized carbons (Fsp3) is 0.188. The van der Waals surface area contributed by atoms with Gasteiger partial charge in [-0.05, 0) is 36.6 Å². The molecule has 94 valence electrons. The van der Waals surface area contributed by atoms with Crippen molar-refractivity contribution in [1.29, 1.82) is 0 Å². The Morgan fingerprint density at radius 2 is 2.05 bits per heavy atom. The van der Waals surface area contributed by atoms with Gasteiger partial charge in [0.05, 0.1) is 16.3 Å². The van der Waals surface area contributed by atoms with Crippen LogP contribution < -0.4 is 0 Å². The molecule has 2 heterocycles. The second-order valence-corrected chi connectivity index (χ2v) is 6.26. The summed E-state index contributed by atoms with van der Waals surface area (Å²) < 4.78 is 0. The van der Waals surface area contributed by atoms with Crippen LogP contribution in [0.1, 0.15) is 22.2 Å². The number of imidazole rings is 1. The van der Waals surface area contributed by atoms with Gasteiger partial charge in [0.15, 0.2) is 0 Å². The predicted octanol–water partition coefficient (Wildman–Crippen LogP) is 4.26. The van der Waals surface area contributed by atoms with E-state index in [0.717, 1.165) is 23.3 Å². The predicted molar refractivity (Wildman–Crippen MR) is 79.6 cm³/mol. The summed E-state index contributed by atoms with van der Waals surface area (Å²) in [6.07, 6.45) is 1.07. The second kappa shape index (κ2) is 4.14. The first-order chi connectivity index (χ1) is 9.31. The second-order valence-electron chi connectivity index (χ2n) is 5.01. The number of thioether (sulfide) groups is 1. The van der Waals surface area contributed by atoms with Gasteiger partial charge in [-0.25, -0.2) is 4.98 Å². The van der Waals surface area contributed by atoms with Crippen LogP contribution in [-0.4, -0.2) is 9.97 Å². The van der Waals surface area contributed by atoms with E-state index in [0.29, 0.717) is 5.25 Å². The molecule has 0 saturated heterocycles. The molecule has 1 aromatic heterocycles. The fourth-order valence-corrected chi connectivity index (χ4v) is 3.93. The molecule has 0 aliphatic carbocycles. The van der Waals surface area contributed by atoms with E-state index in [1.807, 2.05) is 11.8 Å². The number of para-hydroxylation sites is 1. The van der Waals surface area contributed by atoms with Gasteiger partial charge in [-0.1, -0.05) is 30.3 Å². The molecule has 19 heavy (non-hydrogen) atoms. The van der Waals surface area contributed by atoms with E-state index in [4.69, 9.17) is 4.98 Å². The van der Waals surface area contributed by atoms with E-state index < -0.39 is 0 Å². The molecule has 2 nitrogen and oxygen atoms in total. The number of aromatic nitrogens is 2. The van der Waals surface area contributed by atoms with Crippen molar-refractivity contribution < 1.29 is 0 Å². The Labute approximate surface area is 116 Å². The zero-order valence-electron chi connectivity index (χ0n) is 10.7. The van der Waals surface area contributed by atoms with Crippen LogP contribution in [0.3, 0.4) is 0 Å². The third-order valence-corrected chi connectivity index (χ3v) is 5.01. The van der Waals surface area contributed by atoms with E-state index in [-0.39, 0.29) is 0 Å². The molecule has 3 heteroatoms. The highest BCUT2D eigenvalue weighted by Crippen LogP contribution is 2.45. The number of benzene rings is 2. The normalized spacial score (nSPS) is 17.8. The topological polar surface area (TPSA) is 28.7 Å². The standard InChI is InChI=1S/C16H14N2S/c1-10-5-4-7-12-15(10)18-16(17-12)14-9-11-6-2-3-8-13(11)19-14/h2-8,14H,9H2,1H3,(H,17,18). The molecule has 0 radical (unpaired) electrons. The van der Waals surface area contributed by atoms with Crippen LogP contribution in [0.4, 0.5) is 0 Å². The maximum atomic E-state index is 4.80. The molecular weight excluding hydrogens is 252 g/mol. The first-order valence-electron chi connectivity index (χ1n) is 6.51. The lowest BCUT2D eigenvalue weighted by Crippen LogP contribution is -1.94.